The van der Waals surface area contributed by atoms with Crippen molar-refractivity contribution in [3.8, 4) is 0 Å². The second-order valence-corrected chi connectivity index (χ2v) is 5.94. The van der Waals surface area contributed by atoms with Crippen molar-refractivity contribution in [3.05, 3.63) is 38.1 Å². The molecule has 94 valence electrons. The number of thiophene rings is 1. The Hall–Kier alpha value is -1.68. The minimum Gasteiger partial charge on any atom is -0.386 e. The lowest BCUT2D eigenvalue weighted by Gasteiger charge is -1.97. The van der Waals surface area contributed by atoms with Gasteiger partial charge in [0, 0.05) is 9.75 Å². The summed E-state index contributed by atoms with van der Waals surface area (Å²) in [6.07, 6.45) is 1.74. The molecule has 1 aromatic rings. The van der Waals surface area contributed by atoms with Gasteiger partial charge in [0.05, 0.1) is 11.1 Å². The summed E-state index contributed by atoms with van der Waals surface area (Å²) in [6.45, 7) is 7.61. The summed E-state index contributed by atoms with van der Waals surface area (Å²) >= 11 is 1.67. The molecule has 2 rings (SSSR count). The minimum atomic E-state index is -0.556. The highest BCUT2D eigenvalue weighted by molar-refractivity contribution is 7.12. The molecule has 0 atom stereocenters. The van der Waals surface area contributed by atoms with Gasteiger partial charge in [0.2, 0.25) is 0 Å². The van der Waals surface area contributed by atoms with Crippen LogP contribution in [0, 0.1) is 13.8 Å². The Bertz CT molecular complexity index is 599. The molecule has 0 saturated carbocycles. The number of allylic oxidation sites excluding steroid dienone is 1. The highest BCUT2D eigenvalue weighted by Crippen LogP contribution is 2.30. The van der Waals surface area contributed by atoms with Gasteiger partial charge in [0.1, 0.15) is 0 Å². The van der Waals surface area contributed by atoms with E-state index in [-0.39, 0.29) is 0 Å². The standard InChI is InChI=1S/C14H14O3S/c1-7(2)12-11(13(15)17-14(12)16)6-10-5-8(3)18-9(10)4/h5-6H,1-4H3/b11-6+. The van der Waals surface area contributed by atoms with E-state index in [1.165, 1.54) is 4.88 Å². The Morgan fingerprint density at radius 1 is 1.22 bits per heavy atom. The van der Waals surface area contributed by atoms with Crippen LogP contribution in [0.2, 0.25) is 0 Å². The van der Waals surface area contributed by atoms with E-state index in [1.54, 1.807) is 31.3 Å². The molecule has 1 fully saturated rings. The fourth-order valence-corrected chi connectivity index (χ4v) is 2.86. The molecule has 0 radical (unpaired) electrons. The summed E-state index contributed by atoms with van der Waals surface area (Å²) < 4.78 is 4.67. The first-order valence-electron chi connectivity index (χ1n) is 5.63. The topological polar surface area (TPSA) is 43.4 Å². The first kappa shape index (κ1) is 12.8. The van der Waals surface area contributed by atoms with Crippen LogP contribution in [0.5, 0.6) is 0 Å². The Morgan fingerprint density at radius 3 is 2.39 bits per heavy atom. The first-order valence-corrected chi connectivity index (χ1v) is 6.45. The van der Waals surface area contributed by atoms with Gasteiger partial charge in [-0.2, -0.15) is 0 Å². The van der Waals surface area contributed by atoms with Gasteiger partial charge in [-0.15, -0.1) is 11.3 Å². The number of carbonyl (C=O) groups is 2. The van der Waals surface area contributed by atoms with Crippen molar-refractivity contribution < 1.29 is 14.3 Å². The van der Waals surface area contributed by atoms with Crippen LogP contribution in [-0.4, -0.2) is 11.9 Å². The smallest absolute Gasteiger partial charge is 0.346 e. The van der Waals surface area contributed by atoms with Gasteiger partial charge in [-0.1, -0.05) is 5.57 Å². The van der Waals surface area contributed by atoms with Gasteiger partial charge >= 0.3 is 11.9 Å². The molecule has 1 aromatic heterocycles. The van der Waals surface area contributed by atoms with Crippen molar-refractivity contribution in [3.63, 3.8) is 0 Å². The van der Waals surface area contributed by atoms with Crippen LogP contribution in [0.25, 0.3) is 6.08 Å². The van der Waals surface area contributed by atoms with Crippen LogP contribution in [0.1, 0.15) is 29.2 Å². The van der Waals surface area contributed by atoms with Crippen LogP contribution in [0.4, 0.5) is 0 Å². The Morgan fingerprint density at radius 2 is 1.89 bits per heavy atom. The average molecular weight is 262 g/mol. The number of rotatable bonds is 1. The minimum absolute atomic E-state index is 0.362. The zero-order valence-corrected chi connectivity index (χ0v) is 11.6. The molecule has 2 heterocycles. The molecule has 1 aliphatic rings. The number of esters is 2. The third-order valence-electron chi connectivity index (χ3n) is 2.76. The quantitative estimate of drug-likeness (QED) is 0.443. The van der Waals surface area contributed by atoms with E-state index < -0.39 is 11.9 Å². The molecule has 0 aromatic carbocycles. The molecule has 18 heavy (non-hydrogen) atoms. The van der Waals surface area contributed by atoms with Crippen molar-refractivity contribution in [2.45, 2.75) is 27.7 Å². The summed E-state index contributed by atoms with van der Waals surface area (Å²) in [4.78, 5) is 25.6. The lowest BCUT2D eigenvalue weighted by Crippen LogP contribution is -1.97. The third kappa shape index (κ3) is 2.16. The maximum atomic E-state index is 11.7. The van der Waals surface area contributed by atoms with Gasteiger partial charge in [0.15, 0.2) is 0 Å². The summed E-state index contributed by atoms with van der Waals surface area (Å²) in [7, 11) is 0. The van der Waals surface area contributed by atoms with Crippen molar-refractivity contribution in [2.24, 2.45) is 0 Å². The Labute approximate surface area is 110 Å². The van der Waals surface area contributed by atoms with Gasteiger partial charge in [-0.05, 0) is 45.4 Å². The summed E-state index contributed by atoms with van der Waals surface area (Å²) in [5.74, 6) is -1.10. The van der Waals surface area contributed by atoms with Gasteiger partial charge in [-0.3, -0.25) is 0 Å². The first-order chi connectivity index (χ1) is 8.40. The summed E-state index contributed by atoms with van der Waals surface area (Å²) in [5.41, 5.74) is 2.52. The lowest BCUT2D eigenvalue weighted by atomic mass is 10.0. The fraction of sp³-hybridized carbons (Fsp3) is 0.286. The van der Waals surface area contributed by atoms with Gasteiger partial charge < -0.3 is 4.74 Å². The highest BCUT2D eigenvalue weighted by Gasteiger charge is 2.34. The van der Waals surface area contributed by atoms with E-state index in [9.17, 15) is 9.59 Å². The largest absolute Gasteiger partial charge is 0.386 e. The van der Waals surface area contributed by atoms with E-state index in [2.05, 4.69) is 4.74 Å². The number of hydrogen-bond donors (Lipinski definition) is 0. The van der Waals surface area contributed by atoms with E-state index in [0.29, 0.717) is 11.1 Å². The van der Waals surface area contributed by atoms with E-state index in [4.69, 9.17) is 0 Å². The second-order valence-electron chi connectivity index (χ2n) is 4.48. The number of carbonyl (C=O) groups excluding carboxylic acids is 2. The van der Waals surface area contributed by atoms with Crippen LogP contribution in [0.3, 0.4) is 0 Å². The van der Waals surface area contributed by atoms with Crippen molar-refractivity contribution >= 4 is 29.4 Å². The summed E-state index contributed by atoms with van der Waals surface area (Å²) in [6, 6.07) is 2.01. The Kier molecular flexibility index (Phi) is 3.22. The molecule has 0 bridgehead atoms. The van der Waals surface area contributed by atoms with E-state index >= 15 is 0 Å². The zero-order valence-electron chi connectivity index (χ0n) is 10.8. The van der Waals surface area contributed by atoms with Crippen LogP contribution in [-0.2, 0) is 14.3 Å². The third-order valence-corrected chi connectivity index (χ3v) is 3.74. The van der Waals surface area contributed by atoms with Crippen molar-refractivity contribution in [2.75, 3.05) is 0 Å². The Balaban J connectivity index is 2.55. The van der Waals surface area contributed by atoms with E-state index in [1.807, 2.05) is 19.9 Å². The maximum absolute atomic E-state index is 11.7. The molecule has 0 aliphatic carbocycles. The average Bonchev–Trinajstić information content (AvgIpc) is 2.68. The molecular weight excluding hydrogens is 248 g/mol. The predicted molar refractivity (Wildman–Crippen MR) is 71.2 cm³/mol. The number of hydrogen-bond acceptors (Lipinski definition) is 4. The van der Waals surface area contributed by atoms with E-state index in [0.717, 1.165) is 16.0 Å². The van der Waals surface area contributed by atoms with Crippen molar-refractivity contribution in [1.82, 2.24) is 0 Å². The van der Waals surface area contributed by atoms with Crippen molar-refractivity contribution in [1.29, 1.82) is 0 Å². The molecule has 0 N–H and O–H groups in total. The summed E-state index contributed by atoms with van der Waals surface area (Å²) in [5, 5.41) is 0. The molecule has 3 nitrogen and oxygen atoms in total. The molecule has 1 saturated heterocycles. The van der Waals surface area contributed by atoms with Crippen LogP contribution >= 0.6 is 11.3 Å². The van der Waals surface area contributed by atoms with Gasteiger partial charge in [0.25, 0.3) is 0 Å². The molecule has 0 unspecified atom stereocenters. The van der Waals surface area contributed by atoms with Crippen LogP contribution in [0.15, 0.2) is 22.8 Å². The zero-order chi connectivity index (χ0) is 13.4. The predicted octanol–water partition coefficient (Wildman–Crippen LogP) is 3.17. The normalized spacial score (nSPS) is 17.6. The maximum Gasteiger partial charge on any atom is 0.346 e. The lowest BCUT2D eigenvalue weighted by molar-refractivity contribution is -0.149. The molecule has 0 amide bonds. The highest BCUT2D eigenvalue weighted by atomic mass is 32.1. The SMILES string of the molecule is CC(C)=C1C(=O)OC(=O)/C1=C/c1cc(C)sc1C. The fourth-order valence-electron chi connectivity index (χ4n) is 1.96. The number of ether oxygens (including phenoxy) is 1. The molecule has 0 spiro atoms. The molecule has 4 heteroatoms. The second kappa shape index (κ2) is 4.53. The molecule has 1 aliphatic heterocycles. The van der Waals surface area contributed by atoms with Crippen LogP contribution < -0.4 is 0 Å². The van der Waals surface area contributed by atoms with Gasteiger partial charge in [-0.25, -0.2) is 9.59 Å². The molecular formula is C14H14O3S. The number of cyclic esters (lactones) is 2. The number of aryl methyl sites for hydroxylation is 2. The monoisotopic (exact) mass is 262 g/mol.